The number of carbonyl (C=O) groups excluding carboxylic acids is 2. The molecular weight excluding hydrogens is 399 g/mol. The first-order chi connectivity index (χ1) is 15.0. The van der Waals surface area contributed by atoms with Crippen molar-refractivity contribution >= 4 is 17.4 Å². The molecule has 7 heteroatoms. The van der Waals surface area contributed by atoms with Crippen molar-refractivity contribution in [2.45, 2.75) is 12.6 Å². The van der Waals surface area contributed by atoms with Gasteiger partial charge in [0, 0.05) is 24.5 Å². The highest BCUT2D eigenvalue weighted by Crippen LogP contribution is 2.41. The first-order valence-corrected chi connectivity index (χ1v) is 9.57. The van der Waals surface area contributed by atoms with Crippen molar-refractivity contribution in [3.63, 3.8) is 0 Å². The number of halogens is 1. The fourth-order valence-electron chi connectivity index (χ4n) is 3.65. The van der Waals surface area contributed by atoms with Crippen LogP contribution < -0.4 is 4.74 Å². The van der Waals surface area contributed by atoms with E-state index in [4.69, 9.17) is 4.74 Å². The van der Waals surface area contributed by atoms with Gasteiger partial charge in [0.25, 0.3) is 11.7 Å². The van der Waals surface area contributed by atoms with E-state index in [1.807, 2.05) is 0 Å². The number of amides is 1. The lowest BCUT2D eigenvalue weighted by atomic mass is 9.95. The second kappa shape index (κ2) is 8.39. The Bertz CT molecular complexity index is 1160. The minimum atomic E-state index is -0.847. The van der Waals surface area contributed by atoms with E-state index in [1.54, 1.807) is 48.8 Å². The number of Topliss-reactive ketones (excluding diaryl/α,β-unsaturated/α-hetero) is 1. The summed E-state index contributed by atoms with van der Waals surface area (Å²) >= 11 is 0. The molecule has 31 heavy (non-hydrogen) atoms. The minimum Gasteiger partial charge on any atom is -0.507 e. The van der Waals surface area contributed by atoms with Crippen LogP contribution in [0.2, 0.25) is 0 Å². The predicted octanol–water partition coefficient (Wildman–Crippen LogP) is 3.85. The highest BCUT2D eigenvalue weighted by molar-refractivity contribution is 6.46. The molecule has 2 aromatic carbocycles. The van der Waals surface area contributed by atoms with Gasteiger partial charge in [-0.05, 0) is 53.6 Å². The monoisotopic (exact) mass is 418 g/mol. The SMILES string of the molecule is COc1cccc(C2/C(=C(/O)c3ccc(F)cc3)C(=O)C(=O)N2Cc2cccnc2)c1. The number of pyridine rings is 1. The average Bonchev–Trinajstić information content (AvgIpc) is 3.05. The lowest BCUT2D eigenvalue weighted by Gasteiger charge is -2.25. The fraction of sp³-hybridized carbons (Fsp3) is 0.125. The Morgan fingerprint density at radius 1 is 1.13 bits per heavy atom. The molecule has 0 bridgehead atoms. The summed E-state index contributed by atoms with van der Waals surface area (Å²) in [5.74, 6) is -1.83. The highest BCUT2D eigenvalue weighted by atomic mass is 19.1. The summed E-state index contributed by atoms with van der Waals surface area (Å²) in [6, 6.07) is 14.7. The van der Waals surface area contributed by atoms with Crippen LogP contribution in [0.3, 0.4) is 0 Å². The van der Waals surface area contributed by atoms with Gasteiger partial charge in [-0.25, -0.2) is 4.39 Å². The van der Waals surface area contributed by atoms with Crippen molar-refractivity contribution in [2.75, 3.05) is 7.11 Å². The third-order valence-corrected chi connectivity index (χ3v) is 5.14. The van der Waals surface area contributed by atoms with E-state index >= 15 is 0 Å². The number of ketones is 1. The van der Waals surface area contributed by atoms with Crippen LogP contribution in [-0.2, 0) is 16.1 Å². The van der Waals surface area contributed by atoms with Crippen molar-refractivity contribution < 1.29 is 23.8 Å². The van der Waals surface area contributed by atoms with Gasteiger partial charge in [-0.1, -0.05) is 18.2 Å². The lowest BCUT2D eigenvalue weighted by molar-refractivity contribution is -0.140. The number of benzene rings is 2. The molecule has 2 heterocycles. The number of hydrogen-bond donors (Lipinski definition) is 1. The standard InChI is InChI=1S/C24H19FN2O4/c1-31-19-6-2-5-17(12-19)21-20(22(28)16-7-9-18(25)10-8-16)23(29)24(30)27(21)14-15-4-3-11-26-13-15/h2-13,21,28H,14H2,1H3/b22-20-. The highest BCUT2D eigenvalue weighted by Gasteiger charge is 2.46. The number of ether oxygens (including phenoxy) is 1. The van der Waals surface area contributed by atoms with E-state index in [-0.39, 0.29) is 23.4 Å². The Balaban J connectivity index is 1.87. The maximum atomic E-state index is 13.3. The number of likely N-dealkylation sites (tertiary alicyclic amines) is 1. The molecule has 156 valence electrons. The van der Waals surface area contributed by atoms with Crippen molar-refractivity contribution in [1.29, 1.82) is 0 Å². The molecule has 1 aromatic heterocycles. The molecule has 1 amide bonds. The molecule has 6 nitrogen and oxygen atoms in total. The van der Waals surface area contributed by atoms with Gasteiger partial charge in [0.2, 0.25) is 0 Å². The molecule has 0 aliphatic carbocycles. The topological polar surface area (TPSA) is 79.7 Å². The number of aromatic nitrogens is 1. The molecule has 1 aliphatic rings. The van der Waals surface area contributed by atoms with Crippen LogP contribution in [0.4, 0.5) is 4.39 Å². The van der Waals surface area contributed by atoms with Crippen molar-refractivity contribution in [3.05, 3.63) is 101 Å². The number of aliphatic hydroxyl groups is 1. The molecule has 1 fully saturated rings. The summed E-state index contributed by atoms with van der Waals surface area (Å²) < 4.78 is 18.6. The van der Waals surface area contributed by atoms with E-state index < -0.39 is 23.5 Å². The lowest BCUT2D eigenvalue weighted by Crippen LogP contribution is -2.29. The van der Waals surface area contributed by atoms with Crippen LogP contribution in [0.1, 0.15) is 22.7 Å². The fourth-order valence-corrected chi connectivity index (χ4v) is 3.65. The number of methoxy groups -OCH3 is 1. The van der Waals surface area contributed by atoms with Crippen molar-refractivity contribution in [2.24, 2.45) is 0 Å². The zero-order valence-electron chi connectivity index (χ0n) is 16.7. The van der Waals surface area contributed by atoms with Crippen LogP contribution in [-0.4, -0.2) is 33.8 Å². The molecule has 1 N–H and O–H groups in total. The van der Waals surface area contributed by atoms with Gasteiger partial charge >= 0.3 is 0 Å². The summed E-state index contributed by atoms with van der Waals surface area (Å²) in [6.45, 7) is 0.125. The molecule has 3 aromatic rings. The Hall–Kier alpha value is -4.00. The molecule has 4 rings (SSSR count). The normalized spacial score (nSPS) is 17.7. The van der Waals surface area contributed by atoms with Gasteiger partial charge in [0.1, 0.15) is 17.3 Å². The van der Waals surface area contributed by atoms with Crippen molar-refractivity contribution in [1.82, 2.24) is 9.88 Å². The minimum absolute atomic E-state index is 0.0613. The van der Waals surface area contributed by atoms with Crippen LogP contribution >= 0.6 is 0 Å². The van der Waals surface area contributed by atoms with Gasteiger partial charge in [0.05, 0.1) is 18.7 Å². The number of hydrogen-bond acceptors (Lipinski definition) is 5. The zero-order chi connectivity index (χ0) is 22.0. The Labute approximate surface area is 178 Å². The predicted molar refractivity (Wildman–Crippen MR) is 111 cm³/mol. The third-order valence-electron chi connectivity index (χ3n) is 5.14. The summed E-state index contributed by atoms with van der Waals surface area (Å²) in [6.07, 6.45) is 3.23. The van der Waals surface area contributed by atoms with Gasteiger partial charge in [0.15, 0.2) is 0 Å². The van der Waals surface area contributed by atoms with Gasteiger partial charge in [-0.15, -0.1) is 0 Å². The Morgan fingerprint density at radius 3 is 2.58 bits per heavy atom. The third kappa shape index (κ3) is 3.90. The van der Waals surface area contributed by atoms with Crippen LogP contribution in [0.15, 0.2) is 78.6 Å². The van der Waals surface area contributed by atoms with Crippen LogP contribution in [0, 0.1) is 5.82 Å². The molecule has 1 atom stereocenters. The van der Waals surface area contributed by atoms with Gasteiger partial charge in [-0.3, -0.25) is 14.6 Å². The number of rotatable bonds is 5. The first-order valence-electron chi connectivity index (χ1n) is 9.57. The molecule has 0 saturated carbocycles. The van der Waals surface area contributed by atoms with E-state index in [0.29, 0.717) is 11.3 Å². The van der Waals surface area contributed by atoms with Crippen LogP contribution in [0.5, 0.6) is 5.75 Å². The smallest absolute Gasteiger partial charge is 0.295 e. The molecule has 1 aliphatic heterocycles. The van der Waals surface area contributed by atoms with E-state index in [0.717, 1.165) is 5.56 Å². The molecule has 0 radical (unpaired) electrons. The summed E-state index contributed by atoms with van der Waals surface area (Å²) in [4.78, 5) is 31.4. The second-order valence-corrected chi connectivity index (χ2v) is 7.07. The zero-order valence-corrected chi connectivity index (χ0v) is 16.7. The maximum Gasteiger partial charge on any atom is 0.295 e. The molecular formula is C24H19FN2O4. The summed E-state index contributed by atoms with van der Waals surface area (Å²) in [5.41, 5.74) is 1.52. The Kier molecular flexibility index (Phi) is 5.49. The quantitative estimate of drug-likeness (QED) is 0.387. The summed E-state index contributed by atoms with van der Waals surface area (Å²) in [7, 11) is 1.52. The first kappa shape index (κ1) is 20.3. The Morgan fingerprint density at radius 2 is 1.90 bits per heavy atom. The number of carbonyl (C=O) groups is 2. The number of aliphatic hydroxyl groups excluding tert-OH is 1. The van der Waals surface area contributed by atoms with Crippen molar-refractivity contribution in [3.8, 4) is 5.75 Å². The molecule has 0 spiro atoms. The van der Waals surface area contributed by atoms with E-state index in [2.05, 4.69) is 4.98 Å². The van der Waals surface area contributed by atoms with E-state index in [1.165, 1.54) is 36.3 Å². The largest absolute Gasteiger partial charge is 0.507 e. The van der Waals surface area contributed by atoms with Crippen LogP contribution in [0.25, 0.3) is 5.76 Å². The van der Waals surface area contributed by atoms with Gasteiger partial charge in [-0.2, -0.15) is 0 Å². The van der Waals surface area contributed by atoms with E-state index in [9.17, 15) is 19.1 Å². The summed E-state index contributed by atoms with van der Waals surface area (Å²) in [5, 5.41) is 11.0. The van der Waals surface area contributed by atoms with Gasteiger partial charge < -0.3 is 14.7 Å². The average molecular weight is 418 g/mol. The molecule has 1 saturated heterocycles. The molecule has 1 unspecified atom stereocenters. The number of nitrogens with zero attached hydrogens (tertiary/aromatic N) is 2. The second-order valence-electron chi connectivity index (χ2n) is 7.07. The maximum absolute atomic E-state index is 13.3.